The van der Waals surface area contributed by atoms with E-state index >= 15 is 0 Å². The van der Waals surface area contributed by atoms with Crippen LogP contribution in [0, 0.1) is 6.92 Å². The average molecular weight is 304 g/mol. The monoisotopic (exact) mass is 304 g/mol. The van der Waals surface area contributed by atoms with Crippen LogP contribution in [0.2, 0.25) is 0 Å². The first-order valence-corrected chi connectivity index (χ1v) is 7.24. The van der Waals surface area contributed by atoms with Gasteiger partial charge in [0.2, 0.25) is 0 Å². The minimum Gasteiger partial charge on any atom is -0.339 e. The van der Waals surface area contributed by atoms with Crippen LogP contribution in [0.15, 0.2) is 66.7 Å². The van der Waals surface area contributed by atoms with Crippen molar-refractivity contribution < 1.29 is 4.79 Å². The molecule has 1 amide bonds. The number of hydrogen-bond acceptors (Lipinski definition) is 4. The summed E-state index contributed by atoms with van der Waals surface area (Å²) in [6.07, 6.45) is 0. The van der Waals surface area contributed by atoms with Crippen LogP contribution in [0.5, 0.6) is 0 Å². The molecule has 0 unspecified atom stereocenters. The molecule has 23 heavy (non-hydrogen) atoms. The predicted molar refractivity (Wildman–Crippen MR) is 90.9 cm³/mol. The fourth-order valence-corrected chi connectivity index (χ4v) is 2.11. The number of aryl methyl sites for hydroxylation is 1. The molecule has 114 valence electrons. The summed E-state index contributed by atoms with van der Waals surface area (Å²) in [5.74, 6) is 0.821. The van der Waals surface area contributed by atoms with Gasteiger partial charge in [-0.15, -0.1) is 10.2 Å². The van der Waals surface area contributed by atoms with Crippen molar-refractivity contribution >= 4 is 23.2 Å². The van der Waals surface area contributed by atoms with E-state index in [9.17, 15) is 4.79 Å². The highest BCUT2D eigenvalue weighted by atomic mass is 16.1. The zero-order chi connectivity index (χ0) is 16.1. The Labute approximate surface area is 134 Å². The highest BCUT2D eigenvalue weighted by molar-refractivity contribution is 6.03. The van der Waals surface area contributed by atoms with Gasteiger partial charge in [-0.05, 0) is 48.9 Å². The summed E-state index contributed by atoms with van der Waals surface area (Å²) in [6, 6.07) is 20.5. The van der Waals surface area contributed by atoms with Crippen LogP contribution in [0.1, 0.15) is 15.9 Å². The van der Waals surface area contributed by atoms with Crippen molar-refractivity contribution in [1.82, 2.24) is 10.2 Å². The fourth-order valence-electron chi connectivity index (χ4n) is 2.11. The van der Waals surface area contributed by atoms with E-state index in [1.165, 1.54) is 0 Å². The second-order valence-electron chi connectivity index (χ2n) is 5.12. The first-order valence-electron chi connectivity index (χ1n) is 7.24. The summed E-state index contributed by atoms with van der Waals surface area (Å²) >= 11 is 0. The Morgan fingerprint density at radius 3 is 2.30 bits per heavy atom. The van der Waals surface area contributed by atoms with Crippen LogP contribution in [-0.4, -0.2) is 16.1 Å². The van der Waals surface area contributed by atoms with E-state index in [-0.39, 0.29) is 5.91 Å². The van der Waals surface area contributed by atoms with Gasteiger partial charge in [0.1, 0.15) is 0 Å². The number of benzene rings is 2. The summed E-state index contributed by atoms with van der Waals surface area (Å²) in [7, 11) is 0. The molecule has 0 saturated carbocycles. The molecule has 0 saturated heterocycles. The van der Waals surface area contributed by atoms with Crippen molar-refractivity contribution in [2.75, 3.05) is 10.6 Å². The zero-order valence-corrected chi connectivity index (χ0v) is 12.7. The molecular weight excluding hydrogens is 288 g/mol. The van der Waals surface area contributed by atoms with Gasteiger partial charge in [-0.25, -0.2) is 0 Å². The molecule has 0 radical (unpaired) electrons. The summed E-state index contributed by atoms with van der Waals surface area (Å²) < 4.78 is 0. The number of rotatable bonds is 4. The van der Waals surface area contributed by atoms with E-state index in [1.807, 2.05) is 49.4 Å². The molecule has 0 atom stereocenters. The SMILES string of the molecule is Cc1cccc(Nc2ccc(NC(=O)c3ccccc3)nn2)c1. The molecule has 0 fully saturated rings. The number of nitrogens with one attached hydrogen (secondary N) is 2. The van der Waals surface area contributed by atoms with Gasteiger partial charge in [-0.3, -0.25) is 4.79 Å². The standard InChI is InChI=1S/C18H16N4O/c1-13-6-5-9-15(12-13)19-16-10-11-17(22-21-16)20-18(23)14-7-3-2-4-8-14/h2-12H,1H3,(H,19,21)(H,20,22,23). The lowest BCUT2D eigenvalue weighted by Crippen LogP contribution is -2.13. The number of hydrogen-bond donors (Lipinski definition) is 2. The molecule has 0 aliphatic heterocycles. The van der Waals surface area contributed by atoms with Gasteiger partial charge in [0.05, 0.1) is 0 Å². The summed E-state index contributed by atoms with van der Waals surface area (Å²) in [4.78, 5) is 12.0. The van der Waals surface area contributed by atoms with Crippen LogP contribution in [0.3, 0.4) is 0 Å². The average Bonchev–Trinajstić information content (AvgIpc) is 2.57. The number of aromatic nitrogens is 2. The molecule has 5 nitrogen and oxygen atoms in total. The van der Waals surface area contributed by atoms with Crippen LogP contribution < -0.4 is 10.6 Å². The van der Waals surface area contributed by atoms with Crippen molar-refractivity contribution in [2.24, 2.45) is 0 Å². The summed E-state index contributed by atoms with van der Waals surface area (Å²) in [5.41, 5.74) is 2.69. The lowest BCUT2D eigenvalue weighted by atomic mass is 10.2. The number of nitrogens with zero attached hydrogens (tertiary/aromatic N) is 2. The number of anilines is 3. The van der Waals surface area contributed by atoms with E-state index in [2.05, 4.69) is 20.8 Å². The summed E-state index contributed by atoms with van der Waals surface area (Å²) in [5, 5.41) is 14.0. The van der Waals surface area contributed by atoms with Gasteiger partial charge in [0, 0.05) is 11.3 Å². The largest absolute Gasteiger partial charge is 0.339 e. The van der Waals surface area contributed by atoms with Gasteiger partial charge in [-0.1, -0.05) is 30.3 Å². The highest BCUT2D eigenvalue weighted by Gasteiger charge is 2.06. The van der Waals surface area contributed by atoms with Gasteiger partial charge in [0.25, 0.3) is 5.91 Å². The lowest BCUT2D eigenvalue weighted by Gasteiger charge is -2.07. The third-order valence-electron chi connectivity index (χ3n) is 3.23. The van der Waals surface area contributed by atoms with Crippen molar-refractivity contribution in [3.8, 4) is 0 Å². The predicted octanol–water partition coefficient (Wildman–Crippen LogP) is 3.78. The van der Waals surface area contributed by atoms with Gasteiger partial charge < -0.3 is 10.6 Å². The number of carbonyl (C=O) groups is 1. The highest BCUT2D eigenvalue weighted by Crippen LogP contribution is 2.16. The van der Waals surface area contributed by atoms with Crippen molar-refractivity contribution in [2.45, 2.75) is 6.92 Å². The molecule has 3 rings (SSSR count). The van der Waals surface area contributed by atoms with E-state index in [0.717, 1.165) is 11.3 Å². The molecule has 1 heterocycles. The van der Waals surface area contributed by atoms with Crippen molar-refractivity contribution in [3.63, 3.8) is 0 Å². The Balaban J connectivity index is 1.66. The van der Waals surface area contributed by atoms with E-state index in [1.54, 1.807) is 24.3 Å². The topological polar surface area (TPSA) is 66.9 Å². The van der Waals surface area contributed by atoms with Crippen LogP contribution >= 0.6 is 0 Å². The van der Waals surface area contributed by atoms with E-state index in [4.69, 9.17) is 0 Å². The van der Waals surface area contributed by atoms with Crippen LogP contribution in [-0.2, 0) is 0 Å². The first kappa shape index (κ1) is 14.7. The molecule has 0 bridgehead atoms. The second kappa shape index (κ2) is 6.70. The maximum atomic E-state index is 12.0. The number of carbonyl (C=O) groups excluding carboxylic acids is 1. The molecule has 5 heteroatoms. The third-order valence-corrected chi connectivity index (χ3v) is 3.23. The second-order valence-corrected chi connectivity index (χ2v) is 5.12. The molecule has 2 aromatic carbocycles. The Kier molecular flexibility index (Phi) is 4.29. The van der Waals surface area contributed by atoms with Gasteiger partial charge in [-0.2, -0.15) is 0 Å². The van der Waals surface area contributed by atoms with Crippen LogP contribution in [0.25, 0.3) is 0 Å². The Hall–Kier alpha value is -3.21. The normalized spacial score (nSPS) is 10.1. The third kappa shape index (κ3) is 3.91. The Bertz CT molecular complexity index is 801. The quantitative estimate of drug-likeness (QED) is 0.769. The maximum Gasteiger partial charge on any atom is 0.256 e. The maximum absolute atomic E-state index is 12.0. The molecule has 2 N–H and O–H groups in total. The lowest BCUT2D eigenvalue weighted by molar-refractivity contribution is 0.102. The van der Waals surface area contributed by atoms with Crippen molar-refractivity contribution in [1.29, 1.82) is 0 Å². The Morgan fingerprint density at radius 2 is 1.61 bits per heavy atom. The summed E-state index contributed by atoms with van der Waals surface area (Å²) in [6.45, 7) is 2.03. The van der Waals surface area contributed by atoms with Gasteiger partial charge >= 0.3 is 0 Å². The molecule has 0 spiro atoms. The van der Waals surface area contributed by atoms with E-state index < -0.39 is 0 Å². The smallest absolute Gasteiger partial charge is 0.256 e. The van der Waals surface area contributed by atoms with Crippen LogP contribution in [0.4, 0.5) is 17.3 Å². The Morgan fingerprint density at radius 1 is 0.870 bits per heavy atom. The molecule has 1 aromatic heterocycles. The minimum absolute atomic E-state index is 0.209. The molecule has 3 aromatic rings. The van der Waals surface area contributed by atoms with Gasteiger partial charge in [0.15, 0.2) is 11.6 Å². The van der Waals surface area contributed by atoms with E-state index in [0.29, 0.717) is 17.2 Å². The molecular formula is C18H16N4O. The fraction of sp³-hybridized carbons (Fsp3) is 0.0556. The molecule has 0 aliphatic carbocycles. The first-order chi connectivity index (χ1) is 11.2. The molecule has 0 aliphatic rings. The zero-order valence-electron chi connectivity index (χ0n) is 12.7. The minimum atomic E-state index is -0.209. The number of amides is 1. The van der Waals surface area contributed by atoms with Crippen molar-refractivity contribution in [3.05, 3.63) is 77.9 Å².